The predicted octanol–water partition coefficient (Wildman–Crippen LogP) is -1.44. The molecule has 0 bridgehead atoms. The molecule has 0 fully saturated rings. The molecule has 0 aliphatic rings. The minimum absolute atomic E-state index is 0.0809. The number of amides is 3. The number of carbonyl (C=O) groups excluding carboxylic acids is 2. The van der Waals surface area contributed by atoms with Crippen molar-refractivity contribution in [3.63, 3.8) is 0 Å². The van der Waals surface area contributed by atoms with Crippen molar-refractivity contribution in [2.24, 2.45) is 0 Å². The molecule has 1 unspecified atom stereocenters. The number of urea groups is 1. The van der Waals surface area contributed by atoms with Gasteiger partial charge in [0.05, 0.1) is 6.54 Å². The zero-order valence-electron chi connectivity index (χ0n) is 15.0. The highest BCUT2D eigenvalue weighted by atomic mass is 16.4. The van der Waals surface area contributed by atoms with E-state index in [9.17, 15) is 24.0 Å². The molecule has 0 heterocycles. The first-order chi connectivity index (χ1) is 12.7. The molecule has 0 aliphatic carbocycles. The first kappa shape index (κ1) is 24.1. The second-order valence-corrected chi connectivity index (χ2v) is 5.71. The summed E-state index contributed by atoms with van der Waals surface area (Å²) in [6.45, 7) is 0.529. The van der Waals surface area contributed by atoms with E-state index in [0.717, 1.165) is 0 Å². The Morgan fingerprint density at radius 1 is 0.852 bits per heavy atom. The highest BCUT2D eigenvalue weighted by Gasteiger charge is 2.24. The molecule has 0 spiro atoms. The van der Waals surface area contributed by atoms with Crippen molar-refractivity contribution in [2.45, 2.75) is 44.2 Å². The molecule has 0 saturated heterocycles. The molecule has 2 atom stereocenters. The van der Waals surface area contributed by atoms with Gasteiger partial charge < -0.3 is 36.6 Å². The van der Waals surface area contributed by atoms with Crippen LogP contribution in [0.2, 0.25) is 0 Å². The van der Waals surface area contributed by atoms with Crippen molar-refractivity contribution >= 4 is 29.8 Å². The van der Waals surface area contributed by atoms with E-state index in [-0.39, 0.29) is 25.3 Å². The van der Waals surface area contributed by atoms with Gasteiger partial charge in [-0.3, -0.25) is 9.59 Å². The lowest BCUT2D eigenvalue weighted by atomic mass is 10.1. The summed E-state index contributed by atoms with van der Waals surface area (Å²) in [6.07, 6.45) is 0.190. The molecule has 27 heavy (non-hydrogen) atoms. The van der Waals surface area contributed by atoms with E-state index in [0.29, 0.717) is 19.4 Å². The molecule has 0 aliphatic heterocycles. The Morgan fingerprint density at radius 2 is 1.41 bits per heavy atom. The summed E-state index contributed by atoms with van der Waals surface area (Å²) in [7, 11) is 1.63. The molecule has 3 amide bonds. The van der Waals surface area contributed by atoms with Crippen LogP contribution in [-0.4, -0.2) is 77.4 Å². The van der Waals surface area contributed by atoms with Crippen LogP contribution in [0, 0.1) is 0 Å². The molecule has 0 saturated carbocycles. The lowest BCUT2D eigenvalue weighted by Crippen LogP contribution is -2.51. The lowest BCUT2D eigenvalue weighted by Gasteiger charge is -2.18. The van der Waals surface area contributed by atoms with Gasteiger partial charge >= 0.3 is 23.9 Å². The second-order valence-electron chi connectivity index (χ2n) is 5.71. The molecular formula is C15H26N4O8. The number of hydrogen-bond donors (Lipinski definition) is 7. The molecule has 154 valence electrons. The Kier molecular flexibility index (Phi) is 11.9. The minimum Gasteiger partial charge on any atom is -0.481 e. The highest BCUT2D eigenvalue weighted by molar-refractivity contribution is 5.86. The van der Waals surface area contributed by atoms with E-state index in [4.69, 9.17) is 15.3 Å². The van der Waals surface area contributed by atoms with E-state index >= 15 is 0 Å². The third kappa shape index (κ3) is 12.2. The Labute approximate surface area is 155 Å². The average molecular weight is 390 g/mol. The van der Waals surface area contributed by atoms with E-state index in [2.05, 4.69) is 16.0 Å². The summed E-state index contributed by atoms with van der Waals surface area (Å²) in [5.41, 5.74) is 0. The van der Waals surface area contributed by atoms with Gasteiger partial charge in [-0.25, -0.2) is 14.4 Å². The van der Waals surface area contributed by atoms with Crippen molar-refractivity contribution in [2.75, 3.05) is 20.1 Å². The number of hydrogen-bond acceptors (Lipinski definition) is 6. The van der Waals surface area contributed by atoms with Crippen LogP contribution in [0.15, 0.2) is 0 Å². The van der Waals surface area contributed by atoms with Crippen molar-refractivity contribution < 1.29 is 39.3 Å². The average Bonchev–Trinajstić information content (AvgIpc) is 2.56. The Hall–Kier alpha value is -2.89. The number of carboxylic acid groups (broad SMARTS) is 3. The van der Waals surface area contributed by atoms with Gasteiger partial charge in [-0.1, -0.05) is 0 Å². The maximum atomic E-state index is 11.8. The quantitative estimate of drug-likeness (QED) is 0.174. The Morgan fingerprint density at radius 3 is 1.89 bits per heavy atom. The summed E-state index contributed by atoms with van der Waals surface area (Å²) in [5, 5.41) is 36.2. The number of carboxylic acids is 3. The third-order valence-electron chi connectivity index (χ3n) is 3.43. The van der Waals surface area contributed by atoms with Crippen molar-refractivity contribution in [1.82, 2.24) is 21.3 Å². The first-order valence-corrected chi connectivity index (χ1v) is 8.33. The second kappa shape index (κ2) is 13.3. The molecule has 12 heteroatoms. The fourth-order valence-electron chi connectivity index (χ4n) is 2.07. The largest absolute Gasteiger partial charge is 0.481 e. The molecule has 0 aromatic carbocycles. The fourth-order valence-corrected chi connectivity index (χ4v) is 2.07. The van der Waals surface area contributed by atoms with Crippen LogP contribution in [0.1, 0.15) is 32.1 Å². The van der Waals surface area contributed by atoms with Crippen molar-refractivity contribution in [3.05, 3.63) is 0 Å². The topological polar surface area (TPSA) is 194 Å². The SMILES string of the molecule is CNCC(=O)NCCCC[C@H](NC(=O)NC(CCC(=O)O)C(=O)O)C(=O)O. The lowest BCUT2D eigenvalue weighted by molar-refractivity contribution is -0.140. The number of carbonyl (C=O) groups is 5. The van der Waals surface area contributed by atoms with Crippen molar-refractivity contribution in [3.8, 4) is 0 Å². The third-order valence-corrected chi connectivity index (χ3v) is 3.43. The van der Waals surface area contributed by atoms with Gasteiger partial charge in [-0.05, 0) is 32.7 Å². The number of likely N-dealkylation sites (N-methyl/N-ethyl adjacent to an activating group) is 1. The van der Waals surface area contributed by atoms with Crippen LogP contribution in [0.4, 0.5) is 4.79 Å². The molecule has 12 nitrogen and oxygen atoms in total. The summed E-state index contributed by atoms with van der Waals surface area (Å²) in [6, 6.07) is -3.70. The first-order valence-electron chi connectivity index (χ1n) is 8.33. The minimum atomic E-state index is -1.45. The van der Waals surface area contributed by atoms with Crippen LogP contribution >= 0.6 is 0 Å². The maximum Gasteiger partial charge on any atom is 0.326 e. The monoisotopic (exact) mass is 390 g/mol. The smallest absolute Gasteiger partial charge is 0.326 e. The van der Waals surface area contributed by atoms with E-state index in [1.54, 1.807) is 7.05 Å². The summed E-state index contributed by atoms with van der Waals surface area (Å²) in [4.78, 5) is 55.8. The summed E-state index contributed by atoms with van der Waals surface area (Å²) < 4.78 is 0. The molecule has 0 rings (SSSR count). The molecule has 0 aromatic heterocycles. The number of aliphatic carboxylic acids is 3. The Bertz CT molecular complexity index is 540. The Balaban J connectivity index is 4.36. The van der Waals surface area contributed by atoms with Gasteiger partial charge in [0, 0.05) is 13.0 Å². The van der Waals surface area contributed by atoms with Crippen molar-refractivity contribution in [1.29, 1.82) is 0 Å². The van der Waals surface area contributed by atoms with Crippen LogP contribution < -0.4 is 21.3 Å². The van der Waals surface area contributed by atoms with Crippen LogP contribution in [0.5, 0.6) is 0 Å². The number of rotatable bonds is 14. The standard InChI is InChI=1S/C15H26N4O8/c1-16-8-11(20)17-7-3-2-4-9(13(23)24)18-15(27)19-10(14(25)26)5-6-12(21)22/h9-10,16H,2-8H2,1H3,(H,17,20)(H,21,22)(H,23,24)(H,25,26)(H2,18,19,27)/t9-,10?/m0/s1. The van der Waals surface area contributed by atoms with Gasteiger partial charge in [-0.15, -0.1) is 0 Å². The van der Waals surface area contributed by atoms with Gasteiger partial charge in [-0.2, -0.15) is 0 Å². The summed E-state index contributed by atoms with van der Waals surface area (Å²) >= 11 is 0. The number of nitrogens with one attached hydrogen (secondary N) is 4. The fraction of sp³-hybridized carbons (Fsp3) is 0.667. The van der Waals surface area contributed by atoms with Crippen LogP contribution in [-0.2, 0) is 19.2 Å². The molecule has 7 N–H and O–H groups in total. The summed E-state index contributed by atoms with van der Waals surface area (Å²) in [5.74, 6) is -4.11. The predicted molar refractivity (Wildman–Crippen MR) is 92.2 cm³/mol. The van der Waals surface area contributed by atoms with Gasteiger partial charge in [0.1, 0.15) is 12.1 Å². The molecule has 0 aromatic rings. The number of unbranched alkanes of at least 4 members (excludes halogenated alkanes) is 1. The van der Waals surface area contributed by atoms with Gasteiger partial charge in [0.15, 0.2) is 0 Å². The van der Waals surface area contributed by atoms with Crippen LogP contribution in [0.3, 0.4) is 0 Å². The van der Waals surface area contributed by atoms with E-state index in [1.165, 1.54) is 0 Å². The van der Waals surface area contributed by atoms with E-state index in [1.807, 2.05) is 5.32 Å². The maximum absolute atomic E-state index is 11.8. The molecule has 0 radical (unpaired) electrons. The van der Waals surface area contributed by atoms with Gasteiger partial charge in [0.2, 0.25) is 5.91 Å². The highest BCUT2D eigenvalue weighted by Crippen LogP contribution is 2.02. The normalized spacial score (nSPS) is 12.5. The van der Waals surface area contributed by atoms with E-state index < -0.39 is 42.4 Å². The van der Waals surface area contributed by atoms with Crippen LogP contribution in [0.25, 0.3) is 0 Å². The zero-order chi connectivity index (χ0) is 20.8. The zero-order valence-corrected chi connectivity index (χ0v) is 15.0. The molecular weight excluding hydrogens is 364 g/mol. The van der Waals surface area contributed by atoms with Gasteiger partial charge in [0.25, 0.3) is 0 Å².